The molecule has 46 heavy (non-hydrogen) atoms. The van der Waals surface area contributed by atoms with Gasteiger partial charge in [-0.15, -0.1) is 0 Å². The highest BCUT2D eigenvalue weighted by atomic mass is 16.5. The molecule has 1 aromatic carbocycles. The topological polar surface area (TPSA) is 164 Å². The summed E-state index contributed by atoms with van der Waals surface area (Å²) in [5.41, 5.74) is 0.496. The SMILES string of the molecule is CC(=O)CNC(=O)C(CC(C)C)NC=O.CNCCOC(C)(C)CCOC(C)(C)CCC(=O)NCC(=O)NCCc1ccccc1. The number of rotatable bonds is 23. The molecule has 12 heteroatoms. The van der Waals surface area contributed by atoms with E-state index >= 15 is 0 Å². The van der Waals surface area contributed by atoms with E-state index in [1.165, 1.54) is 12.5 Å². The van der Waals surface area contributed by atoms with E-state index in [1.54, 1.807) is 0 Å². The third kappa shape index (κ3) is 24.0. The Hall–Kier alpha value is -3.35. The maximum absolute atomic E-state index is 12.1. The molecule has 0 bridgehead atoms. The summed E-state index contributed by atoms with van der Waals surface area (Å²) in [7, 11) is 1.90. The fraction of sp³-hybridized carbons (Fsp3) is 0.676. The van der Waals surface area contributed by atoms with Crippen LogP contribution in [-0.2, 0) is 39.9 Å². The molecule has 5 N–H and O–H groups in total. The number of ether oxygens (including phenoxy) is 2. The molecule has 0 saturated heterocycles. The van der Waals surface area contributed by atoms with E-state index in [1.807, 2.05) is 65.1 Å². The van der Waals surface area contributed by atoms with Gasteiger partial charge in [-0.2, -0.15) is 0 Å². The van der Waals surface area contributed by atoms with Crippen LogP contribution in [0, 0.1) is 5.92 Å². The quantitative estimate of drug-likeness (QED) is 0.0891. The van der Waals surface area contributed by atoms with Crippen molar-refractivity contribution in [2.45, 2.75) is 97.8 Å². The minimum Gasteiger partial charge on any atom is -0.375 e. The molecule has 0 saturated carbocycles. The molecule has 0 radical (unpaired) electrons. The molecule has 0 aromatic heterocycles. The number of benzene rings is 1. The number of likely N-dealkylation sites (N-methyl/N-ethyl adjacent to an activating group) is 1. The Morgan fingerprint density at radius 2 is 1.46 bits per heavy atom. The van der Waals surface area contributed by atoms with E-state index in [0.717, 1.165) is 19.4 Å². The van der Waals surface area contributed by atoms with Crippen molar-refractivity contribution >= 4 is 29.9 Å². The van der Waals surface area contributed by atoms with Crippen molar-refractivity contribution in [2.24, 2.45) is 5.92 Å². The molecular formula is C34H59N5O7. The zero-order chi connectivity index (χ0) is 35.0. The second-order valence-corrected chi connectivity index (χ2v) is 12.8. The summed E-state index contributed by atoms with van der Waals surface area (Å²) in [5.74, 6) is -0.458. The highest BCUT2D eigenvalue weighted by Gasteiger charge is 2.24. The lowest BCUT2D eigenvalue weighted by atomic mass is 10.0. The van der Waals surface area contributed by atoms with Crippen LogP contribution >= 0.6 is 0 Å². The van der Waals surface area contributed by atoms with Crippen molar-refractivity contribution in [3.63, 3.8) is 0 Å². The molecule has 0 spiro atoms. The van der Waals surface area contributed by atoms with E-state index in [2.05, 4.69) is 40.4 Å². The van der Waals surface area contributed by atoms with Crippen LogP contribution in [0.3, 0.4) is 0 Å². The molecular weight excluding hydrogens is 590 g/mol. The Morgan fingerprint density at radius 1 is 0.826 bits per heavy atom. The van der Waals surface area contributed by atoms with Gasteiger partial charge in [-0.05, 0) is 78.8 Å². The van der Waals surface area contributed by atoms with Gasteiger partial charge < -0.3 is 36.1 Å². The van der Waals surface area contributed by atoms with Gasteiger partial charge in [0.05, 0.1) is 37.5 Å². The first-order valence-electron chi connectivity index (χ1n) is 16.1. The molecule has 0 fully saturated rings. The molecule has 0 aliphatic rings. The Kier molecular flexibility index (Phi) is 22.2. The smallest absolute Gasteiger partial charge is 0.242 e. The van der Waals surface area contributed by atoms with Crippen molar-refractivity contribution in [2.75, 3.05) is 46.4 Å². The molecule has 12 nitrogen and oxygen atoms in total. The van der Waals surface area contributed by atoms with Gasteiger partial charge in [0.15, 0.2) is 0 Å². The first kappa shape index (κ1) is 42.6. The van der Waals surface area contributed by atoms with E-state index in [9.17, 15) is 24.0 Å². The van der Waals surface area contributed by atoms with Crippen LogP contribution in [-0.4, -0.2) is 93.6 Å². The van der Waals surface area contributed by atoms with Gasteiger partial charge >= 0.3 is 0 Å². The summed E-state index contributed by atoms with van der Waals surface area (Å²) in [5, 5.41) is 13.5. The maximum Gasteiger partial charge on any atom is 0.242 e. The normalized spacial score (nSPS) is 11.9. The molecule has 1 rings (SSSR count). The molecule has 0 heterocycles. The summed E-state index contributed by atoms with van der Waals surface area (Å²) in [4.78, 5) is 56.4. The predicted octanol–water partition coefficient (Wildman–Crippen LogP) is 2.29. The summed E-state index contributed by atoms with van der Waals surface area (Å²) < 4.78 is 11.8. The zero-order valence-electron chi connectivity index (χ0n) is 29.3. The van der Waals surface area contributed by atoms with Crippen LogP contribution in [0.25, 0.3) is 0 Å². The lowest BCUT2D eigenvalue weighted by Gasteiger charge is -2.29. The van der Waals surface area contributed by atoms with Gasteiger partial charge in [0.1, 0.15) is 11.8 Å². The molecule has 4 amide bonds. The molecule has 1 aromatic rings. The first-order valence-corrected chi connectivity index (χ1v) is 16.1. The summed E-state index contributed by atoms with van der Waals surface area (Å²) in [6, 6.07) is 9.41. The second kappa shape index (κ2) is 23.9. The Bertz CT molecular complexity index is 1030. The Morgan fingerprint density at radius 3 is 2.04 bits per heavy atom. The van der Waals surface area contributed by atoms with Crippen molar-refractivity contribution in [3.05, 3.63) is 35.9 Å². The van der Waals surface area contributed by atoms with Crippen LogP contribution in [0.2, 0.25) is 0 Å². The number of ketones is 1. The number of carbonyl (C=O) groups excluding carboxylic acids is 5. The van der Waals surface area contributed by atoms with E-state index in [-0.39, 0.29) is 42.2 Å². The molecule has 262 valence electrons. The third-order valence-corrected chi connectivity index (χ3v) is 6.83. The van der Waals surface area contributed by atoms with E-state index in [0.29, 0.717) is 51.3 Å². The highest BCUT2D eigenvalue weighted by molar-refractivity contribution is 5.88. The third-order valence-electron chi connectivity index (χ3n) is 6.83. The zero-order valence-corrected chi connectivity index (χ0v) is 29.3. The van der Waals surface area contributed by atoms with Crippen LogP contribution in [0.5, 0.6) is 0 Å². The van der Waals surface area contributed by atoms with Gasteiger partial charge in [0, 0.05) is 19.5 Å². The van der Waals surface area contributed by atoms with Crippen molar-refractivity contribution in [1.82, 2.24) is 26.6 Å². The van der Waals surface area contributed by atoms with Crippen molar-refractivity contribution in [3.8, 4) is 0 Å². The fourth-order valence-electron chi connectivity index (χ4n) is 4.02. The number of hydrogen-bond donors (Lipinski definition) is 5. The van der Waals surface area contributed by atoms with Gasteiger partial charge in [-0.1, -0.05) is 44.2 Å². The van der Waals surface area contributed by atoms with Crippen LogP contribution in [0.4, 0.5) is 0 Å². The molecule has 1 unspecified atom stereocenters. The Labute approximate surface area is 275 Å². The average Bonchev–Trinajstić information content (AvgIpc) is 2.98. The van der Waals surface area contributed by atoms with Gasteiger partial charge in [0.2, 0.25) is 24.1 Å². The van der Waals surface area contributed by atoms with Crippen molar-refractivity contribution < 1.29 is 33.4 Å². The van der Waals surface area contributed by atoms with Gasteiger partial charge in [0.25, 0.3) is 0 Å². The van der Waals surface area contributed by atoms with Crippen molar-refractivity contribution in [1.29, 1.82) is 0 Å². The lowest BCUT2D eigenvalue weighted by Crippen LogP contribution is -2.45. The van der Waals surface area contributed by atoms with E-state index < -0.39 is 11.6 Å². The first-order chi connectivity index (χ1) is 21.6. The minimum atomic E-state index is -0.554. The molecule has 1 atom stereocenters. The number of nitrogens with one attached hydrogen (secondary N) is 5. The number of Topliss-reactive ketones (excluding diaryl/α,β-unsaturated/α-hetero) is 1. The number of carbonyl (C=O) groups is 5. The van der Waals surface area contributed by atoms with Gasteiger partial charge in [-0.25, -0.2) is 0 Å². The second-order valence-electron chi connectivity index (χ2n) is 12.8. The van der Waals surface area contributed by atoms with Crippen LogP contribution < -0.4 is 26.6 Å². The monoisotopic (exact) mass is 649 g/mol. The largest absolute Gasteiger partial charge is 0.375 e. The summed E-state index contributed by atoms with van der Waals surface area (Å²) in [6.45, 7) is 16.0. The Balaban J connectivity index is 0.00000113. The van der Waals surface area contributed by atoms with Crippen LogP contribution in [0.15, 0.2) is 30.3 Å². The lowest BCUT2D eigenvalue weighted by molar-refractivity contribution is -0.127. The van der Waals surface area contributed by atoms with Crippen LogP contribution in [0.1, 0.15) is 79.7 Å². The highest BCUT2D eigenvalue weighted by Crippen LogP contribution is 2.20. The van der Waals surface area contributed by atoms with Gasteiger partial charge in [-0.3, -0.25) is 24.0 Å². The number of hydrogen-bond acceptors (Lipinski definition) is 8. The van der Waals surface area contributed by atoms with E-state index in [4.69, 9.17) is 9.47 Å². The standard InChI is InChI=1S/C24H41N3O4.C10H18N2O3/c1-23(2,30-17-14-24(3,4)31-18-16-25-5)13-11-21(28)27-19-22(29)26-15-12-20-9-7-6-8-10-20;1-7(2)4-9(12-6-13)10(15)11-5-8(3)14/h6-10,25H,11-19H2,1-5H3,(H,26,29)(H,27,28);6-7,9H,4-5H2,1-3H3,(H,11,15)(H,12,13). The number of amides is 4. The average molecular weight is 650 g/mol. The summed E-state index contributed by atoms with van der Waals surface area (Å²) in [6.07, 6.45) is 3.49. The molecule has 0 aliphatic carbocycles. The minimum absolute atomic E-state index is 0.00689. The maximum atomic E-state index is 12.1. The fourth-order valence-corrected chi connectivity index (χ4v) is 4.02. The molecule has 0 aliphatic heterocycles. The summed E-state index contributed by atoms with van der Waals surface area (Å²) >= 11 is 0. The predicted molar refractivity (Wildman–Crippen MR) is 180 cm³/mol.